The average molecular weight is 283 g/mol. The number of carboxylic acids is 1. The van der Waals surface area contributed by atoms with Crippen LogP contribution in [0, 0.1) is 5.92 Å². The normalized spacial score (nSPS) is 26.9. The standard InChI is InChI=1S/C12H17N3O5/c1-14-9(16)3-2-8(10(14)17)13-12(20)15-5-4-7(6-15)11(18)19/h7-8H,2-6H2,1H3,(H,13,20)(H,18,19). The van der Waals surface area contributed by atoms with Crippen LogP contribution in [-0.4, -0.2) is 64.9 Å². The van der Waals surface area contributed by atoms with Crippen LogP contribution in [-0.2, 0) is 14.4 Å². The SMILES string of the molecule is CN1C(=O)CCC(NC(=O)N2CCC(C(=O)O)C2)C1=O. The first-order valence-corrected chi connectivity index (χ1v) is 6.48. The van der Waals surface area contributed by atoms with Gasteiger partial charge in [0.25, 0.3) is 5.91 Å². The largest absolute Gasteiger partial charge is 0.481 e. The molecule has 2 saturated heterocycles. The van der Waals surface area contributed by atoms with Crippen LogP contribution in [0.25, 0.3) is 0 Å². The van der Waals surface area contributed by atoms with E-state index in [1.165, 1.54) is 11.9 Å². The van der Waals surface area contributed by atoms with E-state index in [9.17, 15) is 19.2 Å². The Bertz CT molecular complexity index is 464. The highest BCUT2D eigenvalue weighted by Crippen LogP contribution is 2.17. The van der Waals surface area contributed by atoms with Crippen LogP contribution in [0.2, 0.25) is 0 Å². The van der Waals surface area contributed by atoms with Gasteiger partial charge < -0.3 is 15.3 Å². The number of carboxylic acid groups (broad SMARTS) is 1. The molecule has 2 aliphatic heterocycles. The molecule has 2 N–H and O–H groups in total. The molecule has 20 heavy (non-hydrogen) atoms. The third-order valence-corrected chi connectivity index (χ3v) is 3.77. The number of imide groups is 1. The average Bonchev–Trinajstić information content (AvgIpc) is 2.89. The maximum absolute atomic E-state index is 12.0. The minimum absolute atomic E-state index is 0.150. The number of nitrogens with one attached hydrogen (secondary N) is 1. The van der Waals surface area contributed by atoms with Gasteiger partial charge >= 0.3 is 12.0 Å². The number of piperidine rings is 1. The minimum atomic E-state index is -0.917. The van der Waals surface area contributed by atoms with Crippen LogP contribution in [0.15, 0.2) is 0 Å². The van der Waals surface area contributed by atoms with Crippen LogP contribution < -0.4 is 5.32 Å². The number of likely N-dealkylation sites (N-methyl/N-ethyl adjacent to an activating group) is 1. The molecule has 2 aliphatic rings. The Hall–Kier alpha value is -2.12. The van der Waals surface area contributed by atoms with E-state index >= 15 is 0 Å². The van der Waals surface area contributed by atoms with Crippen LogP contribution in [0.3, 0.4) is 0 Å². The number of hydrogen-bond donors (Lipinski definition) is 2. The fourth-order valence-electron chi connectivity index (χ4n) is 2.44. The third-order valence-electron chi connectivity index (χ3n) is 3.77. The molecule has 8 heteroatoms. The van der Waals surface area contributed by atoms with Gasteiger partial charge in [-0.05, 0) is 12.8 Å². The predicted octanol–water partition coefficient (Wildman–Crippen LogP) is -0.750. The summed E-state index contributed by atoms with van der Waals surface area (Å²) in [6, 6.07) is -1.16. The molecule has 0 aromatic carbocycles. The van der Waals surface area contributed by atoms with Crippen molar-refractivity contribution in [3.05, 3.63) is 0 Å². The molecule has 110 valence electrons. The van der Waals surface area contributed by atoms with Crippen molar-refractivity contribution in [2.75, 3.05) is 20.1 Å². The minimum Gasteiger partial charge on any atom is -0.481 e. The van der Waals surface area contributed by atoms with Crippen molar-refractivity contribution in [1.82, 2.24) is 15.1 Å². The molecule has 0 aromatic rings. The Balaban J connectivity index is 1.91. The molecular weight excluding hydrogens is 266 g/mol. The Labute approximate surface area is 115 Å². The molecule has 2 atom stereocenters. The van der Waals surface area contributed by atoms with E-state index in [4.69, 9.17) is 5.11 Å². The molecule has 8 nitrogen and oxygen atoms in total. The summed E-state index contributed by atoms with van der Waals surface area (Å²) >= 11 is 0. The number of likely N-dealkylation sites (tertiary alicyclic amines) is 2. The predicted molar refractivity (Wildman–Crippen MR) is 66.6 cm³/mol. The number of rotatable bonds is 2. The molecule has 2 fully saturated rings. The summed E-state index contributed by atoms with van der Waals surface area (Å²) < 4.78 is 0. The van der Waals surface area contributed by atoms with E-state index in [-0.39, 0.29) is 25.3 Å². The van der Waals surface area contributed by atoms with Gasteiger partial charge in [0.1, 0.15) is 6.04 Å². The second-order valence-electron chi connectivity index (χ2n) is 5.10. The van der Waals surface area contributed by atoms with Crippen molar-refractivity contribution in [3.8, 4) is 0 Å². The van der Waals surface area contributed by atoms with Crippen LogP contribution in [0.4, 0.5) is 4.79 Å². The Kier molecular flexibility index (Phi) is 3.91. The summed E-state index contributed by atoms with van der Waals surface area (Å²) in [6.07, 6.45) is 0.911. The number of amides is 4. The highest BCUT2D eigenvalue weighted by molar-refractivity contribution is 6.01. The lowest BCUT2D eigenvalue weighted by molar-refractivity contribution is -0.148. The van der Waals surface area contributed by atoms with Crippen LogP contribution in [0.5, 0.6) is 0 Å². The smallest absolute Gasteiger partial charge is 0.318 e. The van der Waals surface area contributed by atoms with Gasteiger partial charge in [0.05, 0.1) is 5.92 Å². The first-order valence-electron chi connectivity index (χ1n) is 6.48. The first kappa shape index (κ1) is 14.3. The first-order chi connectivity index (χ1) is 9.40. The quantitative estimate of drug-likeness (QED) is 0.648. The number of carbonyl (C=O) groups excluding carboxylic acids is 3. The van der Waals surface area contributed by atoms with Crippen molar-refractivity contribution >= 4 is 23.8 Å². The maximum Gasteiger partial charge on any atom is 0.318 e. The Morgan fingerprint density at radius 1 is 1.30 bits per heavy atom. The number of nitrogens with zero attached hydrogens (tertiary/aromatic N) is 2. The molecule has 2 heterocycles. The zero-order valence-electron chi connectivity index (χ0n) is 11.2. The molecule has 0 aliphatic carbocycles. The summed E-state index contributed by atoms with van der Waals surface area (Å²) in [5, 5.41) is 11.5. The fraction of sp³-hybridized carbons (Fsp3) is 0.667. The van der Waals surface area contributed by atoms with Gasteiger partial charge in [-0.15, -0.1) is 0 Å². The number of carbonyl (C=O) groups is 4. The van der Waals surface area contributed by atoms with E-state index < -0.39 is 29.9 Å². The van der Waals surface area contributed by atoms with Gasteiger partial charge in [0.15, 0.2) is 0 Å². The summed E-state index contributed by atoms with van der Waals surface area (Å²) in [5.74, 6) is -2.15. The van der Waals surface area contributed by atoms with Gasteiger partial charge in [-0.2, -0.15) is 0 Å². The zero-order chi connectivity index (χ0) is 14.9. The molecule has 0 bridgehead atoms. The van der Waals surface area contributed by atoms with Crippen molar-refractivity contribution < 1.29 is 24.3 Å². The van der Waals surface area contributed by atoms with Crippen molar-refractivity contribution in [3.63, 3.8) is 0 Å². The molecule has 0 radical (unpaired) electrons. The van der Waals surface area contributed by atoms with Crippen molar-refractivity contribution in [2.45, 2.75) is 25.3 Å². The topological polar surface area (TPSA) is 107 Å². The number of hydrogen-bond acceptors (Lipinski definition) is 4. The van der Waals surface area contributed by atoms with E-state index in [2.05, 4.69) is 5.32 Å². The van der Waals surface area contributed by atoms with Crippen molar-refractivity contribution in [1.29, 1.82) is 0 Å². The Morgan fingerprint density at radius 2 is 2.00 bits per heavy atom. The molecule has 2 unspecified atom stereocenters. The Morgan fingerprint density at radius 3 is 2.60 bits per heavy atom. The maximum atomic E-state index is 12.0. The summed E-state index contributed by atoms with van der Waals surface area (Å²) in [4.78, 5) is 48.4. The molecule has 0 spiro atoms. The summed E-state index contributed by atoms with van der Waals surface area (Å²) in [5.41, 5.74) is 0. The molecule has 0 aromatic heterocycles. The molecule has 0 saturated carbocycles. The zero-order valence-corrected chi connectivity index (χ0v) is 11.2. The molecular formula is C12H17N3O5. The number of aliphatic carboxylic acids is 1. The van der Waals surface area contributed by atoms with E-state index in [0.717, 1.165) is 4.90 Å². The lowest BCUT2D eigenvalue weighted by Gasteiger charge is -2.29. The highest BCUT2D eigenvalue weighted by Gasteiger charge is 2.36. The van der Waals surface area contributed by atoms with E-state index in [1.807, 2.05) is 0 Å². The van der Waals surface area contributed by atoms with E-state index in [0.29, 0.717) is 13.0 Å². The lowest BCUT2D eigenvalue weighted by Crippen LogP contribution is -2.55. The molecule has 2 rings (SSSR count). The van der Waals surface area contributed by atoms with Crippen LogP contribution >= 0.6 is 0 Å². The lowest BCUT2D eigenvalue weighted by atomic mass is 10.1. The second kappa shape index (κ2) is 5.48. The van der Waals surface area contributed by atoms with Crippen LogP contribution in [0.1, 0.15) is 19.3 Å². The highest BCUT2D eigenvalue weighted by atomic mass is 16.4. The van der Waals surface area contributed by atoms with Gasteiger partial charge in [-0.1, -0.05) is 0 Å². The second-order valence-corrected chi connectivity index (χ2v) is 5.10. The van der Waals surface area contributed by atoms with Crippen molar-refractivity contribution in [2.24, 2.45) is 5.92 Å². The summed E-state index contributed by atoms with van der Waals surface area (Å²) in [7, 11) is 1.39. The van der Waals surface area contributed by atoms with Gasteiger partial charge in [0, 0.05) is 26.6 Å². The van der Waals surface area contributed by atoms with Gasteiger partial charge in [0.2, 0.25) is 5.91 Å². The van der Waals surface area contributed by atoms with Gasteiger partial charge in [-0.3, -0.25) is 19.3 Å². The number of urea groups is 1. The monoisotopic (exact) mass is 283 g/mol. The van der Waals surface area contributed by atoms with E-state index in [1.54, 1.807) is 0 Å². The van der Waals surface area contributed by atoms with Gasteiger partial charge in [-0.25, -0.2) is 4.79 Å². The summed E-state index contributed by atoms with van der Waals surface area (Å²) in [6.45, 7) is 0.509. The third kappa shape index (κ3) is 2.73. The fourth-order valence-corrected chi connectivity index (χ4v) is 2.44. The molecule has 4 amide bonds.